The van der Waals surface area contributed by atoms with Crippen molar-refractivity contribution in [3.63, 3.8) is 0 Å². The highest BCUT2D eigenvalue weighted by Gasteiger charge is 2.27. The number of para-hydroxylation sites is 1. The molecular formula is C20H23N3O3. The van der Waals surface area contributed by atoms with E-state index in [-0.39, 0.29) is 24.3 Å². The molecule has 0 saturated carbocycles. The minimum Gasteiger partial charge on any atom is -0.484 e. The van der Waals surface area contributed by atoms with Crippen molar-refractivity contribution >= 4 is 11.8 Å². The quantitative estimate of drug-likeness (QED) is 0.862. The van der Waals surface area contributed by atoms with Crippen molar-refractivity contribution < 1.29 is 14.3 Å². The molecule has 1 fully saturated rings. The molecule has 1 aromatic heterocycles. The maximum absolute atomic E-state index is 12.3. The minimum atomic E-state index is -0.0502. The molecule has 0 spiro atoms. The predicted molar refractivity (Wildman–Crippen MR) is 97.3 cm³/mol. The summed E-state index contributed by atoms with van der Waals surface area (Å²) in [4.78, 5) is 30.4. The monoisotopic (exact) mass is 353 g/mol. The number of carbonyl (C=O) groups excluding carboxylic acids is 2. The lowest BCUT2D eigenvalue weighted by molar-refractivity contribution is -0.137. The van der Waals surface area contributed by atoms with Crippen molar-refractivity contribution in [1.29, 1.82) is 0 Å². The average molecular weight is 353 g/mol. The number of hydrogen-bond donors (Lipinski definition) is 1. The van der Waals surface area contributed by atoms with Gasteiger partial charge in [-0.3, -0.25) is 14.6 Å². The first-order valence-corrected chi connectivity index (χ1v) is 8.84. The highest BCUT2D eigenvalue weighted by atomic mass is 16.5. The fourth-order valence-electron chi connectivity index (χ4n) is 2.98. The number of piperidine rings is 1. The van der Waals surface area contributed by atoms with Crippen LogP contribution in [-0.2, 0) is 16.1 Å². The molecule has 2 amide bonds. The maximum Gasteiger partial charge on any atom is 0.260 e. The third-order valence-electron chi connectivity index (χ3n) is 4.51. The summed E-state index contributed by atoms with van der Waals surface area (Å²) in [6.45, 7) is 1.68. The largest absolute Gasteiger partial charge is 0.484 e. The SMILES string of the molecule is O=C(NCc1cccnc1)C1CCN(C(=O)COc2ccccc2)CC1. The smallest absolute Gasteiger partial charge is 0.260 e. The fraction of sp³-hybridized carbons (Fsp3) is 0.350. The predicted octanol–water partition coefficient (Wildman–Crippen LogP) is 2.02. The van der Waals surface area contributed by atoms with E-state index in [1.54, 1.807) is 17.3 Å². The number of likely N-dealkylation sites (tertiary alicyclic amines) is 1. The van der Waals surface area contributed by atoms with E-state index in [4.69, 9.17) is 4.74 Å². The molecule has 6 heteroatoms. The van der Waals surface area contributed by atoms with Gasteiger partial charge in [-0.2, -0.15) is 0 Å². The molecule has 26 heavy (non-hydrogen) atoms. The summed E-state index contributed by atoms with van der Waals surface area (Å²) in [5.74, 6) is 0.640. The first-order chi connectivity index (χ1) is 12.7. The highest BCUT2D eigenvalue weighted by molar-refractivity contribution is 5.80. The van der Waals surface area contributed by atoms with E-state index < -0.39 is 0 Å². The summed E-state index contributed by atoms with van der Waals surface area (Å²) in [6.07, 6.45) is 4.81. The third kappa shape index (κ3) is 5.05. The zero-order chi connectivity index (χ0) is 18.2. The molecule has 3 rings (SSSR count). The second-order valence-electron chi connectivity index (χ2n) is 6.34. The number of rotatable bonds is 6. The van der Waals surface area contributed by atoms with Crippen molar-refractivity contribution in [3.8, 4) is 5.75 Å². The summed E-state index contributed by atoms with van der Waals surface area (Å²) in [5.41, 5.74) is 0.978. The van der Waals surface area contributed by atoms with Crippen LogP contribution in [0.2, 0.25) is 0 Å². The Balaban J connectivity index is 1.39. The van der Waals surface area contributed by atoms with Crippen molar-refractivity contribution in [2.75, 3.05) is 19.7 Å². The maximum atomic E-state index is 12.3. The average Bonchev–Trinajstić information content (AvgIpc) is 2.72. The topological polar surface area (TPSA) is 71.5 Å². The van der Waals surface area contributed by atoms with E-state index in [1.807, 2.05) is 42.5 Å². The normalized spacial score (nSPS) is 14.7. The summed E-state index contributed by atoms with van der Waals surface area (Å²) >= 11 is 0. The molecule has 0 radical (unpaired) electrons. The molecule has 0 aliphatic carbocycles. The first-order valence-electron chi connectivity index (χ1n) is 8.84. The van der Waals surface area contributed by atoms with Gasteiger partial charge in [0.1, 0.15) is 5.75 Å². The van der Waals surface area contributed by atoms with Gasteiger partial charge in [-0.25, -0.2) is 0 Å². The number of amides is 2. The Kier molecular flexibility index (Phi) is 6.19. The number of nitrogens with zero attached hydrogens (tertiary/aromatic N) is 2. The van der Waals surface area contributed by atoms with Gasteiger partial charge in [0.05, 0.1) is 0 Å². The summed E-state index contributed by atoms with van der Waals surface area (Å²) in [5, 5.41) is 2.95. The molecule has 0 unspecified atom stereocenters. The van der Waals surface area contributed by atoms with Gasteiger partial charge in [0, 0.05) is 37.9 Å². The van der Waals surface area contributed by atoms with E-state index >= 15 is 0 Å². The molecule has 2 heterocycles. The lowest BCUT2D eigenvalue weighted by Gasteiger charge is -2.31. The van der Waals surface area contributed by atoms with Gasteiger partial charge in [0.15, 0.2) is 6.61 Å². The number of ether oxygens (including phenoxy) is 1. The van der Waals surface area contributed by atoms with Crippen LogP contribution in [-0.4, -0.2) is 41.4 Å². The third-order valence-corrected chi connectivity index (χ3v) is 4.51. The van der Waals surface area contributed by atoms with Gasteiger partial charge in [-0.1, -0.05) is 24.3 Å². The van der Waals surface area contributed by atoms with Crippen molar-refractivity contribution in [1.82, 2.24) is 15.2 Å². The zero-order valence-electron chi connectivity index (χ0n) is 14.6. The lowest BCUT2D eigenvalue weighted by atomic mass is 9.96. The van der Waals surface area contributed by atoms with Crippen LogP contribution >= 0.6 is 0 Å². The van der Waals surface area contributed by atoms with Crippen molar-refractivity contribution in [3.05, 3.63) is 60.4 Å². The Morgan fingerprint density at radius 3 is 2.58 bits per heavy atom. The van der Waals surface area contributed by atoms with Crippen LogP contribution < -0.4 is 10.1 Å². The van der Waals surface area contributed by atoms with Gasteiger partial charge in [-0.05, 0) is 36.6 Å². The van der Waals surface area contributed by atoms with Crippen LogP contribution in [0, 0.1) is 5.92 Å². The van der Waals surface area contributed by atoms with E-state index in [2.05, 4.69) is 10.3 Å². The zero-order valence-corrected chi connectivity index (χ0v) is 14.6. The Morgan fingerprint density at radius 1 is 1.12 bits per heavy atom. The first kappa shape index (κ1) is 17.9. The molecule has 1 aliphatic heterocycles. The second kappa shape index (κ2) is 8.99. The number of aromatic nitrogens is 1. The molecule has 0 bridgehead atoms. The van der Waals surface area contributed by atoms with E-state index in [0.717, 1.165) is 5.56 Å². The molecule has 6 nitrogen and oxygen atoms in total. The van der Waals surface area contributed by atoms with Gasteiger partial charge >= 0.3 is 0 Å². The molecule has 1 saturated heterocycles. The van der Waals surface area contributed by atoms with Gasteiger partial charge in [-0.15, -0.1) is 0 Å². The standard InChI is InChI=1S/C20H23N3O3/c24-19(15-26-18-6-2-1-3-7-18)23-11-8-17(9-12-23)20(25)22-14-16-5-4-10-21-13-16/h1-7,10,13,17H,8-9,11-12,14-15H2,(H,22,25). The molecule has 2 aromatic rings. The number of pyridine rings is 1. The summed E-state index contributed by atoms with van der Waals surface area (Å²) in [7, 11) is 0. The molecule has 1 aliphatic rings. The Labute approximate surface area is 153 Å². The molecular weight excluding hydrogens is 330 g/mol. The number of carbonyl (C=O) groups is 2. The van der Waals surface area contributed by atoms with Crippen molar-refractivity contribution in [2.45, 2.75) is 19.4 Å². The van der Waals surface area contributed by atoms with E-state index in [0.29, 0.717) is 38.2 Å². The van der Waals surface area contributed by atoms with Crippen LogP contribution in [0.15, 0.2) is 54.9 Å². The number of nitrogens with one attached hydrogen (secondary N) is 1. The number of benzene rings is 1. The van der Waals surface area contributed by atoms with Gasteiger partial charge in [0.2, 0.25) is 5.91 Å². The molecule has 1 N–H and O–H groups in total. The van der Waals surface area contributed by atoms with E-state index in [9.17, 15) is 9.59 Å². The number of hydrogen-bond acceptors (Lipinski definition) is 4. The van der Waals surface area contributed by atoms with Crippen molar-refractivity contribution in [2.24, 2.45) is 5.92 Å². The van der Waals surface area contributed by atoms with Gasteiger partial charge < -0.3 is 15.0 Å². The Morgan fingerprint density at radius 2 is 1.88 bits per heavy atom. The molecule has 0 atom stereocenters. The highest BCUT2D eigenvalue weighted by Crippen LogP contribution is 2.18. The minimum absolute atomic E-state index is 0.0296. The van der Waals surface area contributed by atoms with Crippen LogP contribution in [0.4, 0.5) is 0 Å². The van der Waals surface area contributed by atoms with Crippen LogP contribution in [0.5, 0.6) is 5.75 Å². The lowest BCUT2D eigenvalue weighted by Crippen LogP contribution is -2.44. The van der Waals surface area contributed by atoms with Crippen LogP contribution in [0.3, 0.4) is 0 Å². The van der Waals surface area contributed by atoms with Crippen LogP contribution in [0.25, 0.3) is 0 Å². The second-order valence-corrected chi connectivity index (χ2v) is 6.34. The Hall–Kier alpha value is -2.89. The van der Waals surface area contributed by atoms with Gasteiger partial charge in [0.25, 0.3) is 5.91 Å². The van der Waals surface area contributed by atoms with E-state index in [1.165, 1.54) is 0 Å². The molecule has 1 aromatic carbocycles. The molecule has 136 valence electrons. The summed E-state index contributed by atoms with van der Waals surface area (Å²) < 4.78 is 5.51. The summed E-state index contributed by atoms with van der Waals surface area (Å²) in [6, 6.07) is 13.1. The fourth-order valence-corrected chi connectivity index (χ4v) is 2.98. The Bertz CT molecular complexity index is 650. The van der Waals surface area contributed by atoms with Crippen LogP contribution in [0.1, 0.15) is 18.4 Å².